The summed E-state index contributed by atoms with van der Waals surface area (Å²) in [5.41, 5.74) is 1.98. The van der Waals surface area contributed by atoms with Crippen LogP contribution >= 0.6 is 0 Å². The highest BCUT2D eigenvalue weighted by atomic mass is 19.1. The maximum atomic E-state index is 13.1. The van der Waals surface area contributed by atoms with Gasteiger partial charge in [0.05, 0.1) is 12.2 Å². The summed E-state index contributed by atoms with van der Waals surface area (Å²) < 4.78 is 18.6. The van der Waals surface area contributed by atoms with E-state index in [1.54, 1.807) is 18.4 Å². The molecule has 0 atom stereocenters. The van der Waals surface area contributed by atoms with Gasteiger partial charge in [-0.1, -0.05) is 42.5 Å². The Hall–Kier alpha value is -2.35. The number of rotatable bonds is 3. The van der Waals surface area contributed by atoms with Crippen molar-refractivity contribution >= 4 is 0 Å². The molecule has 0 aliphatic rings. The van der Waals surface area contributed by atoms with Crippen molar-refractivity contribution in [2.24, 2.45) is 0 Å². The van der Waals surface area contributed by atoms with E-state index in [0.717, 1.165) is 22.8 Å². The monoisotopic (exact) mass is 251 g/mol. The Balaban J connectivity index is 2.10. The second-order valence-electron chi connectivity index (χ2n) is 4.23. The molecule has 0 N–H and O–H groups in total. The highest BCUT2D eigenvalue weighted by molar-refractivity contribution is 5.53. The fourth-order valence-corrected chi connectivity index (χ4v) is 2.09. The molecule has 0 fully saturated rings. The van der Waals surface area contributed by atoms with Crippen molar-refractivity contribution in [1.82, 2.24) is 0 Å². The van der Waals surface area contributed by atoms with E-state index in [2.05, 4.69) is 0 Å². The number of hydrogen-bond donors (Lipinski definition) is 0. The zero-order valence-corrected chi connectivity index (χ0v) is 10.2. The number of furan rings is 1. The molecule has 3 rings (SSSR count). The normalized spacial score (nSPS) is 10.8. The number of benzene rings is 2. The van der Waals surface area contributed by atoms with E-state index >= 15 is 0 Å². The summed E-state index contributed by atoms with van der Waals surface area (Å²) in [6, 6.07) is 20.1. The lowest BCUT2D eigenvalue weighted by atomic mass is 9.89. The first-order chi connectivity index (χ1) is 9.34. The molecule has 1 heterocycles. The Morgan fingerprint density at radius 1 is 0.737 bits per heavy atom. The first-order valence-electron chi connectivity index (χ1n) is 6.07. The molecular formula is C17H12FO. The summed E-state index contributed by atoms with van der Waals surface area (Å²) in [4.78, 5) is 0. The van der Waals surface area contributed by atoms with Crippen molar-refractivity contribution in [3.63, 3.8) is 0 Å². The van der Waals surface area contributed by atoms with Crippen LogP contribution in [0.15, 0.2) is 77.4 Å². The van der Waals surface area contributed by atoms with Gasteiger partial charge in [-0.2, -0.15) is 0 Å². The lowest BCUT2D eigenvalue weighted by Gasteiger charge is -2.14. The van der Waals surface area contributed by atoms with E-state index < -0.39 is 0 Å². The average molecular weight is 251 g/mol. The molecule has 3 aromatic rings. The molecule has 1 nitrogen and oxygen atoms in total. The molecule has 0 saturated heterocycles. The Bertz CT molecular complexity index is 627. The Kier molecular flexibility index (Phi) is 3.15. The first kappa shape index (κ1) is 11.7. The van der Waals surface area contributed by atoms with E-state index in [0.29, 0.717) is 0 Å². The van der Waals surface area contributed by atoms with Crippen molar-refractivity contribution in [2.75, 3.05) is 0 Å². The van der Waals surface area contributed by atoms with E-state index in [1.165, 1.54) is 12.1 Å². The molecule has 0 amide bonds. The van der Waals surface area contributed by atoms with Gasteiger partial charge in [0, 0.05) is 0 Å². The van der Waals surface area contributed by atoms with Crippen molar-refractivity contribution in [3.05, 3.63) is 102 Å². The summed E-state index contributed by atoms with van der Waals surface area (Å²) >= 11 is 0. The number of hydrogen-bond acceptors (Lipinski definition) is 1. The SMILES string of the molecule is Fc1ccc([C](c2ccccc2)c2ccco2)cc1. The summed E-state index contributed by atoms with van der Waals surface area (Å²) in [6.07, 6.45) is 1.64. The van der Waals surface area contributed by atoms with Gasteiger partial charge in [-0.05, 0) is 35.4 Å². The molecule has 0 unspecified atom stereocenters. The molecular weight excluding hydrogens is 239 g/mol. The Labute approximate surface area is 111 Å². The minimum absolute atomic E-state index is 0.240. The Morgan fingerprint density at radius 2 is 1.42 bits per heavy atom. The molecule has 2 heteroatoms. The van der Waals surface area contributed by atoms with Gasteiger partial charge in [-0.15, -0.1) is 0 Å². The quantitative estimate of drug-likeness (QED) is 0.670. The zero-order chi connectivity index (χ0) is 13.1. The van der Waals surface area contributed by atoms with Gasteiger partial charge in [-0.25, -0.2) is 4.39 Å². The molecule has 0 spiro atoms. The van der Waals surface area contributed by atoms with E-state index in [1.807, 2.05) is 42.5 Å². The second-order valence-corrected chi connectivity index (χ2v) is 4.23. The van der Waals surface area contributed by atoms with Crippen LogP contribution in [0.5, 0.6) is 0 Å². The lowest BCUT2D eigenvalue weighted by Crippen LogP contribution is -2.03. The van der Waals surface area contributed by atoms with Crippen LogP contribution in [0.4, 0.5) is 4.39 Å². The highest BCUT2D eigenvalue weighted by Crippen LogP contribution is 2.30. The summed E-state index contributed by atoms with van der Waals surface area (Å²) in [7, 11) is 0. The van der Waals surface area contributed by atoms with Crippen molar-refractivity contribution in [1.29, 1.82) is 0 Å². The number of halogens is 1. The van der Waals surface area contributed by atoms with Crippen molar-refractivity contribution < 1.29 is 8.81 Å². The smallest absolute Gasteiger partial charge is 0.123 e. The predicted octanol–water partition coefficient (Wildman–Crippen LogP) is 4.44. The van der Waals surface area contributed by atoms with Gasteiger partial charge in [0.1, 0.15) is 11.6 Å². The third-order valence-electron chi connectivity index (χ3n) is 2.96. The van der Waals surface area contributed by atoms with Crippen LogP contribution in [0.3, 0.4) is 0 Å². The van der Waals surface area contributed by atoms with Gasteiger partial charge in [0.2, 0.25) is 0 Å². The van der Waals surface area contributed by atoms with Crippen LogP contribution in [-0.2, 0) is 0 Å². The average Bonchev–Trinajstić information content (AvgIpc) is 2.96. The maximum absolute atomic E-state index is 13.1. The van der Waals surface area contributed by atoms with E-state index in [-0.39, 0.29) is 5.82 Å². The topological polar surface area (TPSA) is 13.1 Å². The van der Waals surface area contributed by atoms with Gasteiger partial charge >= 0.3 is 0 Å². The second kappa shape index (κ2) is 5.11. The Morgan fingerprint density at radius 3 is 2.05 bits per heavy atom. The van der Waals surface area contributed by atoms with Crippen LogP contribution < -0.4 is 0 Å². The molecule has 1 radical (unpaired) electrons. The standard InChI is InChI=1S/C17H12FO/c18-15-10-8-14(9-11-15)17(16-7-4-12-19-16)13-5-2-1-3-6-13/h1-12H. The maximum Gasteiger partial charge on any atom is 0.123 e. The molecule has 19 heavy (non-hydrogen) atoms. The minimum Gasteiger partial charge on any atom is -0.468 e. The summed E-state index contributed by atoms with van der Waals surface area (Å²) in [5, 5.41) is 0. The van der Waals surface area contributed by atoms with Gasteiger partial charge in [-0.3, -0.25) is 0 Å². The summed E-state index contributed by atoms with van der Waals surface area (Å²) in [6.45, 7) is 0. The van der Waals surface area contributed by atoms with E-state index in [4.69, 9.17) is 4.42 Å². The van der Waals surface area contributed by atoms with Crippen LogP contribution in [-0.4, -0.2) is 0 Å². The van der Waals surface area contributed by atoms with E-state index in [9.17, 15) is 4.39 Å². The van der Waals surface area contributed by atoms with Crippen LogP contribution in [0.1, 0.15) is 16.9 Å². The lowest BCUT2D eigenvalue weighted by molar-refractivity contribution is 0.533. The minimum atomic E-state index is -0.240. The molecule has 0 saturated carbocycles. The molecule has 93 valence electrons. The molecule has 2 aromatic carbocycles. The largest absolute Gasteiger partial charge is 0.468 e. The van der Waals surface area contributed by atoms with Gasteiger partial charge in [0.25, 0.3) is 0 Å². The van der Waals surface area contributed by atoms with Crippen molar-refractivity contribution in [2.45, 2.75) is 0 Å². The van der Waals surface area contributed by atoms with Crippen LogP contribution in [0.2, 0.25) is 0 Å². The van der Waals surface area contributed by atoms with Gasteiger partial charge in [0.15, 0.2) is 0 Å². The fourth-order valence-electron chi connectivity index (χ4n) is 2.09. The first-order valence-corrected chi connectivity index (χ1v) is 6.07. The summed E-state index contributed by atoms with van der Waals surface area (Å²) in [5.74, 6) is 1.50. The predicted molar refractivity (Wildman–Crippen MR) is 72.1 cm³/mol. The molecule has 0 aliphatic heterocycles. The molecule has 0 aliphatic carbocycles. The molecule has 0 bridgehead atoms. The highest BCUT2D eigenvalue weighted by Gasteiger charge is 2.20. The van der Waals surface area contributed by atoms with Gasteiger partial charge < -0.3 is 4.42 Å². The zero-order valence-electron chi connectivity index (χ0n) is 10.2. The van der Waals surface area contributed by atoms with Crippen LogP contribution in [0.25, 0.3) is 0 Å². The van der Waals surface area contributed by atoms with Crippen molar-refractivity contribution in [3.8, 4) is 0 Å². The van der Waals surface area contributed by atoms with Crippen LogP contribution in [0, 0.1) is 11.7 Å². The fraction of sp³-hybridized carbons (Fsp3) is 0. The third-order valence-corrected chi connectivity index (χ3v) is 2.96. The molecule has 1 aromatic heterocycles. The third kappa shape index (κ3) is 2.43.